The van der Waals surface area contributed by atoms with E-state index in [2.05, 4.69) is 15.3 Å². The lowest BCUT2D eigenvalue weighted by Crippen LogP contribution is -2.08. The van der Waals surface area contributed by atoms with Crippen LogP contribution in [0.5, 0.6) is 0 Å². The van der Waals surface area contributed by atoms with Gasteiger partial charge in [0.15, 0.2) is 5.69 Å². The van der Waals surface area contributed by atoms with Crippen molar-refractivity contribution in [2.24, 2.45) is 0 Å². The van der Waals surface area contributed by atoms with E-state index in [0.717, 1.165) is 13.0 Å². The number of halogens is 6. The summed E-state index contributed by atoms with van der Waals surface area (Å²) in [5.41, 5.74) is -3.18. The van der Waals surface area contributed by atoms with E-state index < -0.39 is 34.4 Å². The van der Waals surface area contributed by atoms with Crippen molar-refractivity contribution in [1.29, 1.82) is 0 Å². The van der Waals surface area contributed by atoms with E-state index in [4.69, 9.17) is 0 Å². The third kappa shape index (κ3) is 4.69. The highest BCUT2D eigenvalue weighted by atomic mass is 19.4. The van der Waals surface area contributed by atoms with Gasteiger partial charge in [0.25, 0.3) is 0 Å². The molecule has 0 saturated carbocycles. The quantitative estimate of drug-likeness (QED) is 0.470. The lowest BCUT2D eigenvalue weighted by molar-refractivity contribution is -0.388. The van der Waals surface area contributed by atoms with Crippen LogP contribution >= 0.6 is 0 Å². The first-order valence-electron chi connectivity index (χ1n) is 5.69. The van der Waals surface area contributed by atoms with Crippen LogP contribution in [0.1, 0.15) is 22.8 Å². The maximum absolute atomic E-state index is 12.0. The molecule has 2 aromatic heterocycles. The maximum atomic E-state index is 12.0. The van der Waals surface area contributed by atoms with Crippen molar-refractivity contribution >= 4 is 5.69 Å². The van der Waals surface area contributed by atoms with Crippen molar-refractivity contribution in [3.8, 4) is 0 Å². The number of aromatic nitrogens is 4. The summed E-state index contributed by atoms with van der Waals surface area (Å²) in [6.45, 7) is 2.67. The summed E-state index contributed by atoms with van der Waals surface area (Å²) in [6, 6.07) is 0.958. The zero-order valence-corrected chi connectivity index (χ0v) is 11.5. The van der Waals surface area contributed by atoms with Crippen molar-refractivity contribution in [3.63, 3.8) is 0 Å². The SMILES string of the molecule is Cc1[nH]nc(C(F)(F)F)c1[N+](=O)[O-].Cc1cc(C(F)(F)F)n[nH]1. The van der Waals surface area contributed by atoms with Crippen LogP contribution in [-0.2, 0) is 12.4 Å². The number of aromatic amines is 2. The number of nitro groups is 1. The van der Waals surface area contributed by atoms with E-state index in [1.54, 1.807) is 0 Å². The first-order chi connectivity index (χ1) is 10.3. The van der Waals surface area contributed by atoms with Gasteiger partial charge in [0.2, 0.25) is 5.69 Å². The minimum absolute atomic E-state index is 0.211. The zero-order chi connectivity index (χ0) is 18.0. The van der Waals surface area contributed by atoms with Crippen molar-refractivity contribution in [3.05, 3.63) is 39.0 Å². The summed E-state index contributed by atoms with van der Waals surface area (Å²) in [4.78, 5) is 9.09. The molecular weight excluding hydrogens is 336 g/mol. The molecular formula is C10H9F6N5O2. The normalized spacial score (nSPS) is 11.8. The number of nitrogens with one attached hydrogen (secondary N) is 2. The Morgan fingerprint density at radius 1 is 1.04 bits per heavy atom. The summed E-state index contributed by atoms with van der Waals surface area (Å²) in [5, 5.41) is 20.2. The second kappa shape index (κ2) is 6.26. The first-order valence-corrected chi connectivity index (χ1v) is 5.69. The predicted octanol–water partition coefficient (Wildman–Crippen LogP) is 3.38. The van der Waals surface area contributed by atoms with Crippen LogP contribution in [0.4, 0.5) is 32.0 Å². The number of nitrogens with zero attached hydrogens (tertiary/aromatic N) is 3. The number of hydrogen-bond acceptors (Lipinski definition) is 4. The number of H-pyrrole nitrogens is 2. The first kappa shape index (κ1) is 18.4. The summed E-state index contributed by atoms with van der Waals surface area (Å²) in [5.74, 6) is 0. The van der Waals surface area contributed by atoms with Crippen LogP contribution in [0, 0.1) is 24.0 Å². The number of aryl methyl sites for hydroxylation is 2. The lowest BCUT2D eigenvalue weighted by Gasteiger charge is -1.99. The second-order valence-electron chi connectivity index (χ2n) is 4.23. The Bertz CT molecular complexity index is 687. The molecule has 0 saturated heterocycles. The highest BCUT2D eigenvalue weighted by Gasteiger charge is 2.42. The molecule has 0 unspecified atom stereocenters. The van der Waals surface area contributed by atoms with E-state index in [1.807, 2.05) is 5.10 Å². The summed E-state index contributed by atoms with van der Waals surface area (Å²) < 4.78 is 71.3. The lowest BCUT2D eigenvalue weighted by atomic mass is 10.3. The van der Waals surface area contributed by atoms with Gasteiger partial charge in [-0.15, -0.1) is 0 Å². The molecule has 0 radical (unpaired) electrons. The molecule has 0 fully saturated rings. The fourth-order valence-corrected chi connectivity index (χ4v) is 1.41. The fraction of sp³-hybridized carbons (Fsp3) is 0.400. The highest BCUT2D eigenvalue weighted by molar-refractivity contribution is 5.41. The van der Waals surface area contributed by atoms with E-state index in [0.29, 0.717) is 5.69 Å². The second-order valence-corrected chi connectivity index (χ2v) is 4.23. The topological polar surface area (TPSA) is 100 Å². The molecule has 13 heteroatoms. The molecule has 128 valence electrons. The fourth-order valence-electron chi connectivity index (χ4n) is 1.41. The molecule has 2 aromatic rings. The Labute approximate surface area is 123 Å². The average Bonchev–Trinajstić information content (AvgIpc) is 2.94. The van der Waals surface area contributed by atoms with Gasteiger partial charge in [-0.3, -0.25) is 20.3 Å². The predicted molar refractivity (Wildman–Crippen MR) is 63.3 cm³/mol. The molecule has 2 N–H and O–H groups in total. The van der Waals surface area contributed by atoms with Gasteiger partial charge in [0.1, 0.15) is 5.69 Å². The van der Waals surface area contributed by atoms with Gasteiger partial charge in [0, 0.05) is 5.69 Å². The molecule has 7 nitrogen and oxygen atoms in total. The summed E-state index contributed by atoms with van der Waals surface area (Å²) >= 11 is 0. The minimum atomic E-state index is -4.80. The number of hydrogen-bond donors (Lipinski definition) is 2. The molecule has 0 aliphatic heterocycles. The van der Waals surface area contributed by atoms with Crippen LogP contribution in [-0.4, -0.2) is 25.3 Å². The van der Waals surface area contributed by atoms with Gasteiger partial charge in [-0.25, -0.2) is 0 Å². The molecule has 0 aliphatic rings. The van der Waals surface area contributed by atoms with Crippen molar-refractivity contribution in [1.82, 2.24) is 20.4 Å². The Morgan fingerprint density at radius 2 is 1.61 bits per heavy atom. The third-order valence-corrected chi connectivity index (χ3v) is 2.36. The van der Waals surface area contributed by atoms with E-state index in [1.165, 1.54) is 6.92 Å². The van der Waals surface area contributed by atoms with Gasteiger partial charge in [-0.1, -0.05) is 0 Å². The summed E-state index contributed by atoms with van der Waals surface area (Å²) in [7, 11) is 0. The van der Waals surface area contributed by atoms with Crippen LogP contribution in [0.15, 0.2) is 6.07 Å². The van der Waals surface area contributed by atoms with Gasteiger partial charge in [0.05, 0.1) is 4.92 Å². The zero-order valence-electron chi connectivity index (χ0n) is 11.5. The maximum Gasteiger partial charge on any atom is 0.442 e. The van der Waals surface area contributed by atoms with E-state index in [9.17, 15) is 36.5 Å². The largest absolute Gasteiger partial charge is 0.442 e. The van der Waals surface area contributed by atoms with E-state index >= 15 is 0 Å². The third-order valence-electron chi connectivity index (χ3n) is 2.36. The van der Waals surface area contributed by atoms with Crippen LogP contribution in [0.25, 0.3) is 0 Å². The molecule has 2 rings (SSSR count). The molecule has 23 heavy (non-hydrogen) atoms. The van der Waals surface area contributed by atoms with Gasteiger partial charge < -0.3 is 0 Å². The Balaban J connectivity index is 0.000000238. The van der Waals surface area contributed by atoms with Crippen molar-refractivity contribution in [2.45, 2.75) is 26.2 Å². The van der Waals surface area contributed by atoms with Crippen molar-refractivity contribution < 1.29 is 31.3 Å². The Hall–Kier alpha value is -2.60. The number of rotatable bonds is 1. The molecule has 0 amide bonds. The molecule has 0 atom stereocenters. The molecule has 0 bridgehead atoms. The Morgan fingerprint density at radius 3 is 1.87 bits per heavy atom. The van der Waals surface area contributed by atoms with Gasteiger partial charge in [-0.2, -0.15) is 36.5 Å². The van der Waals surface area contributed by atoms with Crippen LogP contribution in [0.2, 0.25) is 0 Å². The molecule has 2 heterocycles. The minimum Gasteiger partial charge on any atom is -0.282 e. The van der Waals surface area contributed by atoms with Gasteiger partial charge >= 0.3 is 18.0 Å². The van der Waals surface area contributed by atoms with Gasteiger partial charge in [-0.05, 0) is 19.9 Å². The average molecular weight is 345 g/mol. The van der Waals surface area contributed by atoms with Crippen molar-refractivity contribution in [2.75, 3.05) is 0 Å². The molecule has 0 spiro atoms. The highest BCUT2D eigenvalue weighted by Crippen LogP contribution is 2.35. The van der Waals surface area contributed by atoms with Crippen LogP contribution in [0.3, 0.4) is 0 Å². The molecule has 0 aliphatic carbocycles. The van der Waals surface area contributed by atoms with Crippen LogP contribution < -0.4 is 0 Å². The monoisotopic (exact) mass is 345 g/mol. The standard InChI is InChI=1S/C5H4F3N3O2.C5H5F3N2/c1-2-3(11(12)13)4(10-9-2)5(6,7)8;1-3-2-4(10-9-3)5(6,7)8/h1H3,(H,9,10);2H,1H3,(H,9,10). The summed E-state index contributed by atoms with van der Waals surface area (Å²) in [6.07, 6.45) is -9.13. The van der Waals surface area contributed by atoms with E-state index in [-0.39, 0.29) is 5.69 Å². The smallest absolute Gasteiger partial charge is 0.282 e. The molecule has 0 aromatic carbocycles. The number of alkyl halides is 6. The Kier molecular flexibility index (Phi) is 5.02.